The Bertz CT molecular complexity index is 514. The van der Waals surface area contributed by atoms with Gasteiger partial charge in [-0.2, -0.15) is 15.0 Å². The Labute approximate surface area is 116 Å². The minimum Gasteiger partial charge on any atom is -0.364 e. The van der Waals surface area contributed by atoms with Gasteiger partial charge in [-0.1, -0.05) is 5.16 Å². The first kappa shape index (κ1) is 13.5. The molecule has 0 aliphatic carbocycles. The second-order valence-corrected chi connectivity index (χ2v) is 4.08. The first-order valence-electron chi connectivity index (χ1n) is 6.02. The zero-order valence-electron chi connectivity index (χ0n) is 10.8. The molecule has 0 fully saturated rings. The van der Waals surface area contributed by atoms with Crippen molar-refractivity contribution in [2.45, 2.75) is 20.4 Å². The lowest BCUT2D eigenvalue weighted by atomic mass is 10.4. The number of hydrogen-bond donors (Lipinski definition) is 1. The van der Waals surface area contributed by atoms with Crippen molar-refractivity contribution in [3.63, 3.8) is 0 Å². The molecule has 8 heteroatoms. The molecule has 0 spiro atoms. The number of nitrogens with one attached hydrogen (secondary N) is 1. The van der Waals surface area contributed by atoms with Gasteiger partial charge in [0.15, 0.2) is 0 Å². The molecule has 0 atom stereocenters. The molecule has 0 bridgehead atoms. The Morgan fingerprint density at radius 3 is 2.68 bits per heavy atom. The normalized spacial score (nSPS) is 10.5. The molecule has 2 rings (SSSR count). The number of hydrogen-bond acceptors (Lipinski definition) is 7. The van der Waals surface area contributed by atoms with Crippen LogP contribution in [0.3, 0.4) is 0 Å². The summed E-state index contributed by atoms with van der Waals surface area (Å²) in [4.78, 5) is 14.5. The van der Waals surface area contributed by atoms with Gasteiger partial charge >= 0.3 is 0 Å². The summed E-state index contributed by atoms with van der Waals surface area (Å²) in [5.41, 5.74) is 0.765. The van der Waals surface area contributed by atoms with E-state index in [-0.39, 0.29) is 5.28 Å². The number of aromatic nitrogens is 4. The van der Waals surface area contributed by atoms with Crippen molar-refractivity contribution < 1.29 is 4.52 Å². The van der Waals surface area contributed by atoms with Crippen molar-refractivity contribution in [3.8, 4) is 0 Å². The SMILES string of the molecule is CCN(CC)c1nc(Cl)nc(NCc2ccon2)n1. The maximum atomic E-state index is 5.91. The average molecular weight is 283 g/mol. The van der Waals surface area contributed by atoms with Gasteiger partial charge in [-0.05, 0) is 25.4 Å². The summed E-state index contributed by atoms with van der Waals surface area (Å²) >= 11 is 5.91. The van der Waals surface area contributed by atoms with Gasteiger partial charge in [-0.3, -0.25) is 0 Å². The summed E-state index contributed by atoms with van der Waals surface area (Å²) in [6, 6.07) is 1.76. The first-order chi connectivity index (χ1) is 9.22. The molecule has 2 heterocycles. The fourth-order valence-electron chi connectivity index (χ4n) is 1.56. The van der Waals surface area contributed by atoms with Crippen molar-refractivity contribution in [2.24, 2.45) is 0 Å². The zero-order valence-corrected chi connectivity index (χ0v) is 11.6. The molecule has 2 aromatic rings. The summed E-state index contributed by atoms with van der Waals surface area (Å²) in [6.07, 6.45) is 1.51. The maximum Gasteiger partial charge on any atom is 0.231 e. The summed E-state index contributed by atoms with van der Waals surface area (Å²) in [5, 5.41) is 6.99. The molecule has 1 N–H and O–H groups in total. The van der Waals surface area contributed by atoms with Gasteiger partial charge in [0.1, 0.15) is 12.0 Å². The van der Waals surface area contributed by atoms with Crippen LogP contribution in [-0.4, -0.2) is 33.2 Å². The molecule has 0 amide bonds. The fourth-order valence-corrected chi connectivity index (χ4v) is 1.72. The van der Waals surface area contributed by atoms with Gasteiger partial charge in [0.05, 0.1) is 6.54 Å². The molecule has 0 aliphatic heterocycles. The second kappa shape index (κ2) is 6.33. The third-order valence-electron chi connectivity index (χ3n) is 2.56. The topological polar surface area (TPSA) is 80.0 Å². The lowest BCUT2D eigenvalue weighted by molar-refractivity contribution is 0.412. The molecule has 19 heavy (non-hydrogen) atoms. The van der Waals surface area contributed by atoms with Crippen LogP contribution in [-0.2, 0) is 6.54 Å². The van der Waals surface area contributed by atoms with E-state index in [9.17, 15) is 0 Å². The quantitative estimate of drug-likeness (QED) is 0.867. The first-order valence-corrected chi connectivity index (χ1v) is 6.40. The lowest BCUT2D eigenvalue weighted by Gasteiger charge is -2.18. The van der Waals surface area contributed by atoms with Crippen LogP contribution in [0, 0.1) is 0 Å². The average Bonchev–Trinajstić information content (AvgIpc) is 2.90. The van der Waals surface area contributed by atoms with E-state index in [1.807, 2.05) is 18.7 Å². The van der Waals surface area contributed by atoms with Crippen LogP contribution in [0.5, 0.6) is 0 Å². The molecular weight excluding hydrogens is 268 g/mol. The predicted octanol–water partition coefficient (Wildman–Crippen LogP) is 1.97. The molecule has 0 aromatic carbocycles. The molecule has 0 aliphatic rings. The summed E-state index contributed by atoms with van der Waals surface area (Å²) < 4.78 is 4.75. The minimum atomic E-state index is 0.166. The highest BCUT2D eigenvalue weighted by atomic mass is 35.5. The standard InChI is InChI=1S/C11H15ClN6O/c1-3-18(4-2)11-15-9(12)14-10(16-11)13-7-8-5-6-19-17-8/h5-6H,3-4,7H2,1-2H3,(H,13,14,15,16). The molecule has 102 valence electrons. The largest absolute Gasteiger partial charge is 0.364 e. The minimum absolute atomic E-state index is 0.166. The van der Waals surface area contributed by atoms with Gasteiger partial charge < -0.3 is 14.7 Å². The van der Waals surface area contributed by atoms with Gasteiger partial charge in [0.2, 0.25) is 17.2 Å². The smallest absolute Gasteiger partial charge is 0.231 e. The highest BCUT2D eigenvalue weighted by Crippen LogP contribution is 2.14. The van der Waals surface area contributed by atoms with Crippen molar-refractivity contribution in [2.75, 3.05) is 23.3 Å². The van der Waals surface area contributed by atoms with E-state index in [0.29, 0.717) is 18.4 Å². The van der Waals surface area contributed by atoms with E-state index in [1.165, 1.54) is 6.26 Å². The zero-order chi connectivity index (χ0) is 13.7. The van der Waals surface area contributed by atoms with Crippen LogP contribution in [0.15, 0.2) is 16.9 Å². The van der Waals surface area contributed by atoms with E-state index in [1.54, 1.807) is 6.07 Å². The van der Waals surface area contributed by atoms with Crippen LogP contribution in [0.25, 0.3) is 0 Å². The van der Waals surface area contributed by atoms with Gasteiger partial charge in [0, 0.05) is 19.2 Å². The Kier molecular flexibility index (Phi) is 4.51. The summed E-state index contributed by atoms with van der Waals surface area (Å²) in [6.45, 7) is 6.14. The van der Waals surface area contributed by atoms with Crippen molar-refractivity contribution in [1.82, 2.24) is 20.1 Å². The third-order valence-corrected chi connectivity index (χ3v) is 2.73. The lowest BCUT2D eigenvalue weighted by Crippen LogP contribution is -2.25. The number of halogens is 1. The molecule has 0 radical (unpaired) electrons. The monoisotopic (exact) mass is 282 g/mol. The van der Waals surface area contributed by atoms with Crippen molar-refractivity contribution in [1.29, 1.82) is 0 Å². The molecule has 0 saturated heterocycles. The number of nitrogens with zero attached hydrogens (tertiary/aromatic N) is 5. The van der Waals surface area contributed by atoms with Gasteiger partial charge in [-0.25, -0.2) is 0 Å². The maximum absolute atomic E-state index is 5.91. The Morgan fingerprint density at radius 2 is 2.05 bits per heavy atom. The molecule has 7 nitrogen and oxygen atoms in total. The van der Waals surface area contributed by atoms with Crippen LogP contribution < -0.4 is 10.2 Å². The Balaban J connectivity index is 2.12. The van der Waals surface area contributed by atoms with E-state index in [2.05, 4.69) is 25.4 Å². The van der Waals surface area contributed by atoms with Crippen LogP contribution in [0.1, 0.15) is 19.5 Å². The number of anilines is 2. The van der Waals surface area contributed by atoms with Gasteiger partial charge in [-0.15, -0.1) is 0 Å². The van der Waals surface area contributed by atoms with E-state index < -0.39 is 0 Å². The van der Waals surface area contributed by atoms with Crippen LogP contribution in [0.4, 0.5) is 11.9 Å². The predicted molar refractivity (Wildman–Crippen MR) is 72.2 cm³/mol. The molecule has 0 saturated carbocycles. The van der Waals surface area contributed by atoms with Crippen LogP contribution in [0.2, 0.25) is 5.28 Å². The summed E-state index contributed by atoms with van der Waals surface area (Å²) in [7, 11) is 0. The Hall–Kier alpha value is -1.89. The van der Waals surface area contributed by atoms with E-state index >= 15 is 0 Å². The molecule has 2 aromatic heterocycles. The highest BCUT2D eigenvalue weighted by Gasteiger charge is 2.10. The second-order valence-electron chi connectivity index (χ2n) is 3.74. The fraction of sp³-hybridized carbons (Fsp3) is 0.455. The molecular formula is C11H15ClN6O. The highest BCUT2D eigenvalue weighted by molar-refractivity contribution is 6.28. The third kappa shape index (κ3) is 3.54. The van der Waals surface area contributed by atoms with Gasteiger partial charge in [0.25, 0.3) is 0 Å². The van der Waals surface area contributed by atoms with Crippen molar-refractivity contribution >= 4 is 23.5 Å². The van der Waals surface area contributed by atoms with Crippen LogP contribution >= 0.6 is 11.6 Å². The van der Waals surface area contributed by atoms with E-state index in [4.69, 9.17) is 16.1 Å². The Morgan fingerprint density at radius 1 is 1.26 bits per heavy atom. The van der Waals surface area contributed by atoms with Crippen molar-refractivity contribution in [3.05, 3.63) is 23.3 Å². The van der Waals surface area contributed by atoms with E-state index in [0.717, 1.165) is 18.8 Å². The molecule has 0 unspecified atom stereocenters. The summed E-state index contributed by atoms with van der Waals surface area (Å²) in [5.74, 6) is 0.984. The number of rotatable bonds is 6.